The second kappa shape index (κ2) is 9.87. The summed E-state index contributed by atoms with van der Waals surface area (Å²) in [5.41, 5.74) is 1.61. The van der Waals surface area contributed by atoms with Crippen molar-refractivity contribution in [3.63, 3.8) is 0 Å². The Morgan fingerprint density at radius 3 is 2.70 bits per heavy atom. The maximum atomic E-state index is 12.8. The van der Waals surface area contributed by atoms with Gasteiger partial charge in [0.25, 0.3) is 11.1 Å². The van der Waals surface area contributed by atoms with Crippen molar-refractivity contribution in [2.45, 2.75) is 13.5 Å². The number of thioether (sulfide) groups is 1. The maximum Gasteiger partial charge on any atom is 0.339 e. The first-order chi connectivity index (χ1) is 15.9. The van der Waals surface area contributed by atoms with Gasteiger partial charge in [-0.2, -0.15) is 0 Å². The predicted octanol–water partition coefficient (Wildman–Crippen LogP) is 6.67. The van der Waals surface area contributed by atoms with Crippen LogP contribution in [0, 0.1) is 0 Å². The zero-order chi connectivity index (χ0) is 23.5. The Labute approximate surface area is 204 Å². The molecule has 2 amide bonds. The molecule has 9 heteroatoms. The van der Waals surface area contributed by atoms with Gasteiger partial charge in [-0.3, -0.25) is 14.5 Å². The van der Waals surface area contributed by atoms with Crippen LogP contribution in [0.2, 0.25) is 10.0 Å². The van der Waals surface area contributed by atoms with Crippen molar-refractivity contribution in [3.05, 3.63) is 86.4 Å². The molecule has 168 valence electrons. The number of carbonyl (C=O) groups is 3. The summed E-state index contributed by atoms with van der Waals surface area (Å²) in [5.74, 6) is -0.0592. The van der Waals surface area contributed by atoms with Crippen LogP contribution in [0.25, 0.3) is 17.4 Å². The fourth-order valence-electron chi connectivity index (χ4n) is 3.21. The highest BCUT2D eigenvalue weighted by atomic mass is 35.5. The Balaban J connectivity index is 1.54. The van der Waals surface area contributed by atoms with E-state index in [2.05, 4.69) is 0 Å². The summed E-state index contributed by atoms with van der Waals surface area (Å²) in [5, 5.41) is 0.443. The Bertz CT molecular complexity index is 1280. The minimum atomic E-state index is -0.524. The van der Waals surface area contributed by atoms with Gasteiger partial charge in [-0.1, -0.05) is 35.3 Å². The number of carbonyl (C=O) groups excluding carboxylic acids is 3. The van der Waals surface area contributed by atoms with Gasteiger partial charge in [0, 0.05) is 16.7 Å². The van der Waals surface area contributed by atoms with Crippen LogP contribution in [0.4, 0.5) is 4.79 Å². The largest absolute Gasteiger partial charge is 0.462 e. The lowest BCUT2D eigenvalue weighted by atomic mass is 10.1. The van der Waals surface area contributed by atoms with Crippen molar-refractivity contribution >= 4 is 58.2 Å². The fourth-order valence-corrected chi connectivity index (χ4v) is 4.44. The number of amides is 2. The average molecular weight is 502 g/mol. The molecular weight excluding hydrogens is 485 g/mol. The summed E-state index contributed by atoms with van der Waals surface area (Å²) in [6, 6.07) is 15.3. The van der Waals surface area contributed by atoms with Crippen LogP contribution in [0.1, 0.15) is 28.6 Å². The molecule has 3 aromatic rings. The van der Waals surface area contributed by atoms with Crippen molar-refractivity contribution in [2.24, 2.45) is 0 Å². The van der Waals surface area contributed by atoms with Gasteiger partial charge >= 0.3 is 5.97 Å². The molecule has 0 radical (unpaired) electrons. The van der Waals surface area contributed by atoms with E-state index in [4.69, 9.17) is 32.4 Å². The van der Waals surface area contributed by atoms with Crippen LogP contribution in [-0.2, 0) is 16.1 Å². The summed E-state index contributed by atoms with van der Waals surface area (Å²) < 4.78 is 10.9. The lowest BCUT2D eigenvalue weighted by Crippen LogP contribution is -2.27. The van der Waals surface area contributed by atoms with E-state index in [-0.39, 0.29) is 33.9 Å². The molecule has 6 nitrogen and oxygen atoms in total. The van der Waals surface area contributed by atoms with Crippen LogP contribution >= 0.6 is 35.0 Å². The van der Waals surface area contributed by atoms with Crippen LogP contribution in [0.15, 0.2) is 63.9 Å². The number of imide groups is 1. The molecule has 0 atom stereocenters. The number of esters is 1. The highest BCUT2D eigenvalue weighted by molar-refractivity contribution is 8.18. The predicted molar refractivity (Wildman–Crippen MR) is 128 cm³/mol. The number of furan rings is 1. The number of hydrogen-bond acceptors (Lipinski definition) is 6. The molecule has 2 aromatic carbocycles. The molecule has 1 aliphatic heterocycles. The quantitative estimate of drug-likeness (QED) is 0.277. The van der Waals surface area contributed by atoms with E-state index >= 15 is 0 Å². The molecular formula is C24H17Cl2NO5S. The van der Waals surface area contributed by atoms with E-state index in [1.807, 2.05) is 0 Å². The first-order valence-corrected chi connectivity index (χ1v) is 11.5. The Morgan fingerprint density at radius 1 is 1.12 bits per heavy atom. The van der Waals surface area contributed by atoms with E-state index in [0.717, 1.165) is 22.2 Å². The molecule has 2 heterocycles. The number of hydrogen-bond donors (Lipinski definition) is 0. The molecule has 0 spiro atoms. The van der Waals surface area contributed by atoms with Gasteiger partial charge < -0.3 is 9.15 Å². The van der Waals surface area contributed by atoms with Crippen molar-refractivity contribution in [1.29, 1.82) is 0 Å². The summed E-state index contributed by atoms with van der Waals surface area (Å²) in [6.45, 7) is 2.08. The monoisotopic (exact) mass is 501 g/mol. The molecule has 0 unspecified atom stereocenters. The Hall–Kier alpha value is -3.00. The smallest absolute Gasteiger partial charge is 0.339 e. The second-order valence-electron chi connectivity index (χ2n) is 7.01. The molecule has 4 rings (SSSR count). The highest BCUT2D eigenvalue weighted by Gasteiger charge is 2.35. The lowest BCUT2D eigenvalue weighted by molar-refractivity contribution is -0.123. The van der Waals surface area contributed by atoms with Crippen molar-refractivity contribution in [2.75, 3.05) is 6.61 Å². The first-order valence-electron chi connectivity index (χ1n) is 9.92. The van der Waals surface area contributed by atoms with E-state index in [9.17, 15) is 14.4 Å². The highest BCUT2D eigenvalue weighted by Crippen LogP contribution is 2.35. The normalized spacial score (nSPS) is 14.9. The molecule has 0 aliphatic carbocycles. The molecule has 1 aliphatic rings. The van der Waals surface area contributed by atoms with Gasteiger partial charge in [0.2, 0.25) is 0 Å². The standard InChI is InChI=1S/C24H17Cl2NO5S/c1-2-31-23(29)18-11-15(6-8-19(18)26)20-9-7-17(32-20)12-21-22(28)27(24(30)33-21)13-14-4-3-5-16(25)10-14/h3-12H,2,13H2,1H3/b21-12-. The second-order valence-corrected chi connectivity index (χ2v) is 8.85. The van der Waals surface area contributed by atoms with Crippen molar-refractivity contribution in [1.82, 2.24) is 4.90 Å². The van der Waals surface area contributed by atoms with Crippen molar-refractivity contribution in [3.8, 4) is 11.3 Å². The van der Waals surface area contributed by atoms with Crippen LogP contribution in [0.5, 0.6) is 0 Å². The molecule has 1 aromatic heterocycles. The zero-order valence-corrected chi connectivity index (χ0v) is 19.7. The molecule has 1 fully saturated rings. The van der Waals surface area contributed by atoms with E-state index in [1.165, 1.54) is 6.08 Å². The zero-order valence-electron chi connectivity index (χ0n) is 17.3. The maximum absolute atomic E-state index is 12.8. The van der Waals surface area contributed by atoms with E-state index in [0.29, 0.717) is 22.1 Å². The summed E-state index contributed by atoms with van der Waals surface area (Å²) in [7, 11) is 0. The van der Waals surface area contributed by atoms with E-state index in [1.54, 1.807) is 61.5 Å². The number of ether oxygens (including phenoxy) is 1. The third kappa shape index (κ3) is 5.16. The minimum Gasteiger partial charge on any atom is -0.462 e. The van der Waals surface area contributed by atoms with Gasteiger partial charge in [0.05, 0.1) is 28.6 Å². The van der Waals surface area contributed by atoms with Gasteiger partial charge in [0.15, 0.2) is 0 Å². The number of benzene rings is 2. The minimum absolute atomic E-state index is 0.132. The van der Waals surface area contributed by atoms with Crippen molar-refractivity contribution < 1.29 is 23.5 Å². The lowest BCUT2D eigenvalue weighted by Gasteiger charge is -2.12. The van der Waals surface area contributed by atoms with Gasteiger partial charge in [0.1, 0.15) is 11.5 Å². The molecule has 0 bridgehead atoms. The van der Waals surface area contributed by atoms with Crippen LogP contribution in [-0.4, -0.2) is 28.6 Å². The topological polar surface area (TPSA) is 76.8 Å². The molecule has 33 heavy (non-hydrogen) atoms. The molecule has 0 N–H and O–H groups in total. The summed E-state index contributed by atoms with van der Waals surface area (Å²) in [4.78, 5) is 38.7. The van der Waals surface area contributed by atoms with Gasteiger partial charge in [-0.05, 0) is 66.7 Å². The molecule has 0 saturated carbocycles. The first kappa shape index (κ1) is 23.2. The molecule has 1 saturated heterocycles. The SMILES string of the molecule is CCOC(=O)c1cc(-c2ccc(/C=C3\SC(=O)N(Cc4cccc(Cl)c4)C3=O)o2)ccc1Cl. The third-order valence-corrected chi connectivity index (χ3v) is 6.22. The van der Waals surface area contributed by atoms with E-state index < -0.39 is 11.9 Å². The van der Waals surface area contributed by atoms with Crippen LogP contribution in [0.3, 0.4) is 0 Å². The Morgan fingerprint density at radius 2 is 1.94 bits per heavy atom. The summed E-state index contributed by atoms with van der Waals surface area (Å²) in [6.07, 6.45) is 1.52. The Kier molecular flexibility index (Phi) is 6.93. The average Bonchev–Trinajstić information content (AvgIpc) is 3.35. The fraction of sp³-hybridized carbons (Fsp3) is 0.125. The number of halogens is 2. The number of nitrogens with zero attached hydrogens (tertiary/aromatic N) is 1. The number of rotatable bonds is 6. The van der Waals surface area contributed by atoms with Gasteiger partial charge in [-0.15, -0.1) is 0 Å². The summed E-state index contributed by atoms with van der Waals surface area (Å²) >= 11 is 13.0. The third-order valence-electron chi connectivity index (χ3n) is 4.75. The van der Waals surface area contributed by atoms with Gasteiger partial charge in [-0.25, -0.2) is 4.79 Å². The van der Waals surface area contributed by atoms with Crippen LogP contribution < -0.4 is 0 Å².